The van der Waals surface area contributed by atoms with Crippen molar-refractivity contribution >= 4 is 17.3 Å². The van der Waals surface area contributed by atoms with Gasteiger partial charge in [0, 0.05) is 17.7 Å². The Balaban J connectivity index is 2.46. The van der Waals surface area contributed by atoms with Gasteiger partial charge in [0.1, 0.15) is 17.7 Å². The first-order valence-corrected chi connectivity index (χ1v) is 6.68. The van der Waals surface area contributed by atoms with Crippen LogP contribution in [0.2, 0.25) is 0 Å². The minimum atomic E-state index is -0.471. The van der Waals surface area contributed by atoms with Crippen LogP contribution in [-0.2, 0) is 0 Å². The maximum atomic E-state index is 10.8. The molecule has 0 fully saturated rings. The Bertz CT molecular complexity index is 853. The fourth-order valence-corrected chi connectivity index (χ4v) is 2.01. The van der Waals surface area contributed by atoms with E-state index in [0.717, 1.165) is 5.56 Å². The van der Waals surface area contributed by atoms with Gasteiger partial charge in [-0.25, -0.2) is 0 Å². The van der Waals surface area contributed by atoms with Crippen molar-refractivity contribution in [2.24, 2.45) is 0 Å². The van der Waals surface area contributed by atoms with E-state index in [-0.39, 0.29) is 11.3 Å². The van der Waals surface area contributed by atoms with Crippen molar-refractivity contribution in [3.63, 3.8) is 0 Å². The summed E-state index contributed by atoms with van der Waals surface area (Å²) in [6, 6.07) is 18.9. The first-order valence-electron chi connectivity index (χ1n) is 6.68. The van der Waals surface area contributed by atoms with Gasteiger partial charge in [-0.3, -0.25) is 10.1 Å². The lowest BCUT2D eigenvalue weighted by molar-refractivity contribution is -0.384. The molecule has 0 aromatic heterocycles. The number of allylic oxidation sites excluding steroid dienone is 3. The lowest BCUT2D eigenvalue weighted by atomic mass is 9.99. The number of nitro groups is 1. The van der Waals surface area contributed by atoms with Crippen LogP contribution in [0.4, 0.5) is 5.69 Å². The van der Waals surface area contributed by atoms with Crippen LogP contribution in [0, 0.1) is 32.8 Å². The van der Waals surface area contributed by atoms with Crippen molar-refractivity contribution in [3.8, 4) is 12.1 Å². The third-order valence-corrected chi connectivity index (χ3v) is 3.10. The number of nitrogens with zero attached hydrogens (tertiary/aromatic N) is 3. The summed E-state index contributed by atoms with van der Waals surface area (Å²) in [5, 5.41) is 29.0. The van der Waals surface area contributed by atoms with Gasteiger partial charge in [0.15, 0.2) is 0 Å². The number of nitro benzene ring substituents is 1. The number of hydrogen-bond donors (Lipinski definition) is 0. The molecule has 2 aromatic carbocycles. The second kappa shape index (κ2) is 7.35. The van der Waals surface area contributed by atoms with Gasteiger partial charge >= 0.3 is 0 Å². The number of rotatable bonds is 4. The highest BCUT2D eigenvalue weighted by Gasteiger charge is 2.07. The van der Waals surface area contributed by atoms with Gasteiger partial charge in [-0.2, -0.15) is 10.5 Å². The molecule has 0 aliphatic carbocycles. The van der Waals surface area contributed by atoms with Crippen LogP contribution in [0.1, 0.15) is 11.1 Å². The second-order valence-electron chi connectivity index (χ2n) is 4.56. The van der Waals surface area contributed by atoms with E-state index < -0.39 is 4.92 Å². The van der Waals surface area contributed by atoms with Crippen molar-refractivity contribution in [2.75, 3.05) is 0 Å². The lowest BCUT2D eigenvalue weighted by Gasteiger charge is -2.02. The summed E-state index contributed by atoms with van der Waals surface area (Å²) in [4.78, 5) is 10.3. The van der Waals surface area contributed by atoms with Crippen LogP contribution in [0.15, 0.2) is 66.2 Å². The molecule has 0 radical (unpaired) electrons. The first-order chi connectivity index (χ1) is 11.2. The summed E-state index contributed by atoms with van der Waals surface area (Å²) < 4.78 is 0. The molecule has 0 saturated carbocycles. The number of nitriles is 2. The Morgan fingerprint density at radius 3 is 2.35 bits per heavy atom. The van der Waals surface area contributed by atoms with E-state index in [1.807, 2.05) is 30.3 Å². The molecule has 0 N–H and O–H groups in total. The number of hydrogen-bond acceptors (Lipinski definition) is 4. The minimum Gasteiger partial charge on any atom is -0.258 e. The van der Waals surface area contributed by atoms with Gasteiger partial charge in [0.2, 0.25) is 0 Å². The zero-order chi connectivity index (χ0) is 16.7. The quantitative estimate of drug-likeness (QED) is 0.368. The monoisotopic (exact) mass is 301 g/mol. The Kier molecular flexibility index (Phi) is 5.01. The molecule has 5 heteroatoms. The van der Waals surface area contributed by atoms with E-state index in [4.69, 9.17) is 10.5 Å². The molecule has 5 nitrogen and oxygen atoms in total. The highest BCUT2D eigenvalue weighted by molar-refractivity contribution is 5.85. The Morgan fingerprint density at radius 2 is 1.74 bits per heavy atom. The average Bonchev–Trinajstić information content (AvgIpc) is 2.59. The van der Waals surface area contributed by atoms with Gasteiger partial charge in [-0.1, -0.05) is 54.6 Å². The average molecular weight is 301 g/mol. The van der Waals surface area contributed by atoms with Crippen LogP contribution in [0.3, 0.4) is 0 Å². The van der Waals surface area contributed by atoms with E-state index in [0.29, 0.717) is 11.1 Å². The number of non-ortho nitro benzene ring substituents is 1. The predicted octanol–water partition coefficient (Wildman–Crippen LogP) is 4.11. The molecular formula is C18H11N3O2. The highest BCUT2D eigenvalue weighted by atomic mass is 16.6. The van der Waals surface area contributed by atoms with Crippen molar-refractivity contribution in [1.82, 2.24) is 0 Å². The third kappa shape index (κ3) is 3.90. The summed E-state index contributed by atoms with van der Waals surface area (Å²) in [5.41, 5.74) is 1.79. The summed E-state index contributed by atoms with van der Waals surface area (Å²) in [6.45, 7) is 0. The van der Waals surface area contributed by atoms with Crippen molar-refractivity contribution in [3.05, 3.63) is 87.5 Å². The molecule has 0 atom stereocenters. The molecule has 0 heterocycles. The molecule has 2 aromatic rings. The molecule has 0 bridgehead atoms. The summed E-state index contributed by atoms with van der Waals surface area (Å²) in [7, 11) is 0. The van der Waals surface area contributed by atoms with Crippen LogP contribution < -0.4 is 0 Å². The van der Waals surface area contributed by atoms with Crippen LogP contribution >= 0.6 is 0 Å². The summed E-state index contributed by atoms with van der Waals surface area (Å²) in [5.74, 6) is 0. The maximum Gasteiger partial charge on any atom is 0.270 e. The van der Waals surface area contributed by atoms with Crippen molar-refractivity contribution < 1.29 is 4.92 Å². The molecule has 0 amide bonds. The van der Waals surface area contributed by atoms with Gasteiger partial charge < -0.3 is 0 Å². The van der Waals surface area contributed by atoms with E-state index in [2.05, 4.69) is 0 Å². The lowest BCUT2D eigenvalue weighted by Crippen LogP contribution is -1.88. The molecule has 23 heavy (non-hydrogen) atoms. The molecule has 0 aliphatic rings. The Labute approximate surface area is 133 Å². The Morgan fingerprint density at radius 1 is 1.04 bits per heavy atom. The van der Waals surface area contributed by atoms with E-state index in [1.54, 1.807) is 36.4 Å². The van der Waals surface area contributed by atoms with Crippen molar-refractivity contribution in [1.29, 1.82) is 10.5 Å². The third-order valence-electron chi connectivity index (χ3n) is 3.10. The summed E-state index contributed by atoms with van der Waals surface area (Å²) in [6.07, 6.45) is 3.26. The molecule has 0 aliphatic heterocycles. The smallest absolute Gasteiger partial charge is 0.258 e. The molecule has 0 saturated heterocycles. The van der Waals surface area contributed by atoms with Gasteiger partial charge in [0.05, 0.1) is 4.92 Å². The molecular weight excluding hydrogens is 290 g/mol. The van der Waals surface area contributed by atoms with E-state index in [9.17, 15) is 10.1 Å². The molecule has 0 unspecified atom stereocenters. The fraction of sp³-hybridized carbons (Fsp3) is 0. The fourth-order valence-electron chi connectivity index (χ4n) is 2.01. The van der Waals surface area contributed by atoms with E-state index in [1.165, 1.54) is 12.1 Å². The SMILES string of the molecule is N#CC(C#N)=C(/C=C/c1cccc([N+](=O)[O-])c1)c1ccccc1. The topological polar surface area (TPSA) is 90.7 Å². The van der Waals surface area contributed by atoms with Crippen LogP contribution in [0.25, 0.3) is 11.6 Å². The number of benzene rings is 2. The van der Waals surface area contributed by atoms with Gasteiger partial charge in [-0.05, 0) is 11.1 Å². The van der Waals surface area contributed by atoms with Gasteiger partial charge in [-0.15, -0.1) is 0 Å². The van der Waals surface area contributed by atoms with Gasteiger partial charge in [0.25, 0.3) is 5.69 Å². The minimum absolute atomic E-state index is 0.0156. The first kappa shape index (κ1) is 15.7. The zero-order valence-corrected chi connectivity index (χ0v) is 12.0. The predicted molar refractivity (Wildman–Crippen MR) is 86.7 cm³/mol. The van der Waals surface area contributed by atoms with Crippen LogP contribution in [-0.4, -0.2) is 4.92 Å². The maximum absolute atomic E-state index is 10.8. The standard InChI is InChI=1S/C18H11N3O2/c19-12-16(13-20)18(15-6-2-1-3-7-15)10-9-14-5-4-8-17(11-14)21(22)23/h1-11H/b10-9+. The van der Waals surface area contributed by atoms with Crippen molar-refractivity contribution in [2.45, 2.75) is 0 Å². The second-order valence-corrected chi connectivity index (χ2v) is 4.56. The molecule has 110 valence electrons. The van der Waals surface area contributed by atoms with E-state index >= 15 is 0 Å². The largest absolute Gasteiger partial charge is 0.270 e. The molecule has 0 spiro atoms. The zero-order valence-electron chi connectivity index (χ0n) is 12.0. The normalized spacial score (nSPS) is 9.83. The summed E-state index contributed by atoms with van der Waals surface area (Å²) >= 11 is 0. The van der Waals surface area contributed by atoms with Crippen LogP contribution in [0.5, 0.6) is 0 Å². The highest BCUT2D eigenvalue weighted by Crippen LogP contribution is 2.22. The Hall–Kier alpha value is -3.70. The molecule has 2 rings (SSSR count).